The number of rotatable bonds is 3. The molecule has 0 radical (unpaired) electrons. The molecule has 0 aliphatic carbocycles. The van der Waals surface area contributed by atoms with Gasteiger partial charge in [-0.2, -0.15) is 26.3 Å². The Bertz CT molecular complexity index is 561. The minimum absolute atomic E-state index is 0.191. The van der Waals surface area contributed by atoms with Crippen LogP contribution < -0.4 is 4.72 Å². The van der Waals surface area contributed by atoms with Crippen molar-refractivity contribution in [1.29, 1.82) is 0 Å². The molecule has 20 heavy (non-hydrogen) atoms. The SMILES string of the molecule is CCS(=O)(=O)Nc1cc(C(F)(F)F)cc(C(F)(F)F)n1. The first kappa shape index (κ1) is 16.5. The molecule has 0 saturated carbocycles. The van der Waals surface area contributed by atoms with Crippen LogP contribution in [0.2, 0.25) is 0 Å². The molecule has 1 rings (SSSR count). The number of aromatic nitrogens is 1. The number of hydrogen-bond donors (Lipinski definition) is 1. The Morgan fingerprint density at radius 1 is 1.10 bits per heavy atom. The molecule has 0 unspecified atom stereocenters. The van der Waals surface area contributed by atoms with E-state index in [9.17, 15) is 34.8 Å². The van der Waals surface area contributed by atoms with E-state index in [1.807, 2.05) is 0 Å². The zero-order chi connectivity index (χ0) is 15.8. The van der Waals surface area contributed by atoms with Gasteiger partial charge in [-0.25, -0.2) is 13.4 Å². The van der Waals surface area contributed by atoms with Crippen molar-refractivity contribution in [3.8, 4) is 0 Å². The predicted molar refractivity (Wildman–Crippen MR) is 57.3 cm³/mol. The summed E-state index contributed by atoms with van der Waals surface area (Å²) in [5, 5.41) is 0. The van der Waals surface area contributed by atoms with Crippen molar-refractivity contribution in [3.63, 3.8) is 0 Å². The van der Waals surface area contributed by atoms with Gasteiger partial charge in [0.2, 0.25) is 10.0 Å². The minimum Gasteiger partial charge on any atom is -0.267 e. The maximum absolute atomic E-state index is 12.5. The molecule has 0 atom stereocenters. The van der Waals surface area contributed by atoms with E-state index < -0.39 is 45.2 Å². The zero-order valence-corrected chi connectivity index (χ0v) is 10.6. The van der Waals surface area contributed by atoms with E-state index in [0.717, 1.165) is 0 Å². The number of halogens is 6. The first-order chi connectivity index (χ1) is 8.85. The molecule has 1 aromatic rings. The summed E-state index contributed by atoms with van der Waals surface area (Å²) >= 11 is 0. The lowest BCUT2D eigenvalue weighted by atomic mass is 10.2. The molecule has 0 spiro atoms. The van der Waals surface area contributed by atoms with Crippen molar-refractivity contribution in [2.75, 3.05) is 10.5 Å². The van der Waals surface area contributed by atoms with Gasteiger partial charge in [-0.15, -0.1) is 0 Å². The highest BCUT2D eigenvalue weighted by Crippen LogP contribution is 2.35. The van der Waals surface area contributed by atoms with Gasteiger partial charge in [0.05, 0.1) is 11.3 Å². The molecule has 1 heterocycles. The summed E-state index contributed by atoms with van der Waals surface area (Å²) in [6.45, 7) is 1.17. The van der Waals surface area contributed by atoms with Crippen LogP contribution in [0.5, 0.6) is 0 Å². The Morgan fingerprint density at radius 2 is 1.65 bits per heavy atom. The van der Waals surface area contributed by atoms with Crippen LogP contribution in [0.25, 0.3) is 0 Å². The van der Waals surface area contributed by atoms with Gasteiger partial charge < -0.3 is 0 Å². The highest BCUT2D eigenvalue weighted by Gasteiger charge is 2.38. The molecule has 0 aromatic carbocycles. The van der Waals surface area contributed by atoms with Crippen molar-refractivity contribution in [2.45, 2.75) is 19.3 Å². The fraction of sp³-hybridized carbons (Fsp3) is 0.444. The first-order valence-corrected chi connectivity index (χ1v) is 6.67. The molecule has 11 heteroatoms. The number of nitrogens with zero attached hydrogens (tertiary/aromatic N) is 1. The van der Waals surface area contributed by atoms with Crippen LogP contribution in [0.15, 0.2) is 12.1 Å². The van der Waals surface area contributed by atoms with E-state index in [2.05, 4.69) is 4.98 Å². The maximum atomic E-state index is 12.5. The lowest BCUT2D eigenvalue weighted by Crippen LogP contribution is -2.19. The van der Waals surface area contributed by atoms with Gasteiger partial charge in [0.15, 0.2) is 0 Å². The van der Waals surface area contributed by atoms with Crippen LogP contribution in [0.4, 0.5) is 32.2 Å². The molecular formula is C9H8F6N2O2S. The second kappa shape index (κ2) is 5.11. The lowest BCUT2D eigenvalue weighted by Gasteiger charge is -2.13. The summed E-state index contributed by atoms with van der Waals surface area (Å²) in [5.74, 6) is -1.55. The quantitative estimate of drug-likeness (QED) is 0.871. The summed E-state index contributed by atoms with van der Waals surface area (Å²) in [4.78, 5) is 2.84. The van der Waals surface area contributed by atoms with Gasteiger partial charge >= 0.3 is 12.4 Å². The monoisotopic (exact) mass is 322 g/mol. The van der Waals surface area contributed by atoms with Crippen LogP contribution in [0, 0.1) is 0 Å². The van der Waals surface area contributed by atoms with Crippen molar-refractivity contribution >= 4 is 15.8 Å². The van der Waals surface area contributed by atoms with E-state index in [1.54, 1.807) is 4.72 Å². The Labute approximate surface area is 109 Å². The van der Waals surface area contributed by atoms with Gasteiger partial charge in [0.1, 0.15) is 11.5 Å². The average Bonchev–Trinajstić information content (AvgIpc) is 2.25. The highest BCUT2D eigenvalue weighted by molar-refractivity contribution is 7.92. The molecule has 114 valence electrons. The third-order valence-electron chi connectivity index (χ3n) is 2.08. The Morgan fingerprint density at radius 3 is 2.05 bits per heavy atom. The summed E-state index contributed by atoms with van der Waals surface area (Å²) < 4.78 is 98.7. The Hall–Kier alpha value is -1.52. The standard InChI is InChI=1S/C9H8F6N2O2S/c1-2-20(18,19)17-7-4-5(8(10,11)12)3-6(16-7)9(13,14)15/h3-4H,2H2,1H3,(H,16,17). The fourth-order valence-corrected chi connectivity index (χ4v) is 1.69. The molecule has 0 aliphatic heterocycles. The van der Waals surface area contributed by atoms with Crippen LogP contribution in [0.3, 0.4) is 0 Å². The molecule has 1 aromatic heterocycles. The van der Waals surface area contributed by atoms with Crippen LogP contribution >= 0.6 is 0 Å². The number of pyridine rings is 1. The number of hydrogen-bond acceptors (Lipinski definition) is 3. The van der Waals surface area contributed by atoms with Crippen LogP contribution in [-0.2, 0) is 22.4 Å². The van der Waals surface area contributed by atoms with E-state index in [0.29, 0.717) is 0 Å². The van der Waals surface area contributed by atoms with Crippen LogP contribution in [-0.4, -0.2) is 19.2 Å². The molecule has 1 N–H and O–H groups in total. The predicted octanol–water partition coefficient (Wildman–Crippen LogP) is 2.88. The Kier molecular flexibility index (Phi) is 4.22. The van der Waals surface area contributed by atoms with Gasteiger partial charge in [0.25, 0.3) is 0 Å². The Balaban J connectivity index is 3.39. The van der Waals surface area contributed by atoms with E-state index in [1.165, 1.54) is 6.92 Å². The van der Waals surface area contributed by atoms with Gasteiger partial charge in [0, 0.05) is 0 Å². The van der Waals surface area contributed by atoms with Crippen molar-refractivity contribution in [2.24, 2.45) is 0 Å². The number of sulfonamides is 1. The first-order valence-electron chi connectivity index (χ1n) is 5.02. The van der Waals surface area contributed by atoms with E-state index in [4.69, 9.17) is 0 Å². The second-order valence-corrected chi connectivity index (χ2v) is 5.64. The molecular weight excluding hydrogens is 314 g/mol. The van der Waals surface area contributed by atoms with Crippen molar-refractivity contribution in [1.82, 2.24) is 4.98 Å². The third kappa shape index (κ3) is 4.25. The third-order valence-corrected chi connectivity index (χ3v) is 3.36. The topological polar surface area (TPSA) is 59.1 Å². The number of anilines is 1. The van der Waals surface area contributed by atoms with Gasteiger partial charge in [-0.1, -0.05) is 0 Å². The summed E-state index contributed by atoms with van der Waals surface area (Å²) in [6, 6.07) is 0.00615. The summed E-state index contributed by atoms with van der Waals surface area (Å²) in [5.41, 5.74) is -3.48. The molecule has 4 nitrogen and oxygen atoms in total. The fourth-order valence-electron chi connectivity index (χ4n) is 1.12. The molecule has 0 saturated heterocycles. The van der Waals surface area contributed by atoms with Crippen LogP contribution in [0.1, 0.15) is 18.2 Å². The number of alkyl halides is 6. The van der Waals surface area contributed by atoms with E-state index in [-0.39, 0.29) is 12.1 Å². The zero-order valence-electron chi connectivity index (χ0n) is 9.80. The van der Waals surface area contributed by atoms with Gasteiger partial charge in [-0.3, -0.25) is 4.72 Å². The number of nitrogens with one attached hydrogen (secondary N) is 1. The maximum Gasteiger partial charge on any atom is 0.433 e. The largest absolute Gasteiger partial charge is 0.433 e. The summed E-state index contributed by atoms with van der Waals surface area (Å²) in [7, 11) is -4.04. The smallest absolute Gasteiger partial charge is 0.267 e. The minimum atomic E-state index is -5.13. The summed E-state index contributed by atoms with van der Waals surface area (Å²) in [6.07, 6.45) is -10.2. The highest BCUT2D eigenvalue weighted by atomic mass is 32.2. The molecule has 0 aliphatic rings. The molecule has 0 bridgehead atoms. The van der Waals surface area contributed by atoms with Gasteiger partial charge in [-0.05, 0) is 19.1 Å². The normalized spacial score (nSPS) is 13.3. The van der Waals surface area contributed by atoms with Crippen molar-refractivity contribution in [3.05, 3.63) is 23.4 Å². The molecule has 0 fully saturated rings. The molecule has 0 amide bonds. The van der Waals surface area contributed by atoms with E-state index >= 15 is 0 Å². The second-order valence-electron chi connectivity index (χ2n) is 3.63. The average molecular weight is 322 g/mol. The lowest BCUT2D eigenvalue weighted by molar-refractivity contribution is -0.145. The van der Waals surface area contributed by atoms with Crippen molar-refractivity contribution < 1.29 is 34.8 Å².